The van der Waals surface area contributed by atoms with Gasteiger partial charge >= 0.3 is 0 Å². The number of rotatable bonds is 4. The van der Waals surface area contributed by atoms with Crippen molar-refractivity contribution in [1.82, 2.24) is 10.3 Å². The third-order valence-electron chi connectivity index (χ3n) is 3.61. The van der Waals surface area contributed by atoms with Crippen molar-refractivity contribution in [1.29, 1.82) is 0 Å². The Bertz CT molecular complexity index is 761. The van der Waals surface area contributed by atoms with Gasteiger partial charge in [0.2, 0.25) is 0 Å². The summed E-state index contributed by atoms with van der Waals surface area (Å²) in [6.07, 6.45) is 2.62. The molecule has 1 aromatic heterocycles. The Hall–Kier alpha value is -2.59. The maximum Gasteiger partial charge on any atom is 0.152 e. The van der Waals surface area contributed by atoms with E-state index in [2.05, 4.69) is 22.4 Å². The fourth-order valence-corrected chi connectivity index (χ4v) is 2.44. The largest absolute Gasteiger partial charge is 0.497 e. The fraction of sp³-hybridized carbons (Fsp3) is 0.211. The van der Waals surface area contributed by atoms with Crippen molar-refractivity contribution in [3.05, 3.63) is 65.4 Å². The highest BCUT2D eigenvalue weighted by molar-refractivity contribution is 5.98. The zero-order valence-corrected chi connectivity index (χ0v) is 13.7. The lowest BCUT2D eigenvalue weighted by Crippen LogP contribution is -2.04. The molecule has 0 saturated heterocycles. The molecule has 0 fully saturated rings. The molecule has 0 saturated carbocycles. The van der Waals surface area contributed by atoms with Gasteiger partial charge in [0.1, 0.15) is 5.75 Å². The molecule has 0 unspecified atom stereocenters. The first-order valence-corrected chi connectivity index (χ1v) is 7.49. The summed E-state index contributed by atoms with van der Waals surface area (Å²) >= 11 is 0. The summed E-state index contributed by atoms with van der Waals surface area (Å²) in [5.41, 5.74) is 4.17. The van der Waals surface area contributed by atoms with Crippen LogP contribution in [0.4, 0.5) is 0 Å². The van der Waals surface area contributed by atoms with Gasteiger partial charge < -0.3 is 15.0 Å². The minimum absolute atomic E-state index is 0.739. The molecule has 0 radical (unpaired) electrons. The van der Waals surface area contributed by atoms with Crippen molar-refractivity contribution in [2.75, 3.05) is 14.2 Å². The highest BCUT2D eigenvalue weighted by atomic mass is 16.5. The van der Waals surface area contributed by atoms with Crippen LogP contribution in [0.25, 0.3) is 10.9 Å². The normalized spacial score (nSPS) is 10.0. The number of fused-ring (bicyclic) bond motifs is 1. The first kappa shape index (κ1) is 16.8. The van der Waals surface area contributed by atoms with Crippen LogP contribution in [0.5, 0.6) is 5.75 Å². The lowest BCUT2D eigenvalue weighted by atomic mass is 10.1. The van der Waals surface area contributed by atoms with Crippen LogP contribution in [0.15, 0.2) is 48.7 Å². The molecule has 4 nitrogen and oxygen atoms in total. The second kappa shape index (κ2) is 8.15. The molecule has 0 spiro atoms. The van der Waals surface area contributed by atoms with E-state index in [1.165, 1.54) is 5.56 Å². The van der Waals surface area contributed by atoms with Crippen molar-refractivity contribution in [3.8, 4) is 5.75 Å². The Morgan fingerprint density at radius 2 is 1.91 bits per heavy atom. The predicted octanol–water partition coefficient (Wildman–Crippen LogP) is 3.70. The predicted molar refractivity (Wildman–Crippen MR) is 94.2 cm³/mol. The molecule has 0 bridgehead atoms. The number of carbonyl (C=O) groups excluding carboxylic acids is 1. The van der Waals surface area contributed by atoms with Gasteiger partial charge in [-0.3, -0.25) is 4.79 Å². The summed E-state index contributed by atoms with van der Waals surface area (Å²) in [4.78, 5) is 13.7. The Labute approximate surface area is 136 Å². The lowest BCUT2D eigenvalue weighted by molar-refractivity contribution is 0.112. The van der Waals surface area contributed by atoms with Gasteiger partial charge in [0.25, 0.3) is 0 Å². The van der Waals surface area contributed by atoms with Gasteiger partial charge in [-0.25, -0.2) is 0 Å². The highest BCUT2D eigenvalue weighted by Crippen LogP contribution is 2.20. The third-order valence-corrected chi connectivity index (χ3v) is 3.61. The smallest absolute Gasteiger partial charge is 0.152 e. The van der Waals surface area contributed by atoms with E-state index in [0.717, 1.165) is 40.6 Å². The molecule has 3 aromatic rings. The second-order valence-corrected chi connectivity index (χ2v) is 5.24. The van der Waals surface area contributed by atoms with E-state index < -0.39 is 0 Å². The summed E-state index contributed by atoms with van der Waals surface area (Å²) in [6.45, 7) is 2.91. The second-order valence-electron chi connectivity index (χ2n) is 5.24. The van der Waals surface area contributed by atoms with Crippen LogP contribution < -0.4 is 10.1 Å². The number of methoxy groups -OCH3 is 1. The molecule has 4 heteroatoms. The van der Waals surface area contributed by atoms with Crippen molar-refractivity contribution in [2.24, 2.45) is 0 Å². The molecule has 0 aliphatic rings. The summed E-state index contributed by atoms with van der Waals surface area (Å²) in [5, 5.41) is 4.12. The maximum absolute atomic E-state index is 10.6. The fourth-order valence-electron chi connectivity index (χ4n) is 2.44. The first-order chi connectivity index (χ1) is 11.2. The number of nitrogens with one attached hydrogen (secondary N) is 2. The monoisotopic (exact) mass is 310 g/mol. The number of H-pyrrole nitrogens is 1. The molecule has 2 aromatic carbocycles. The number of aryl methyl sites for hydroxylation is 1. The lowest BCUT2D eigenvalue weighted by Gasteiger charge is -2.01. The van der Waals surface area contributed by atoms with Gasteiger partial charge in [0.15, 0.2) is 6.29 Å². The first-order valence-electron chi connectivity index (χ1n) is 7.49. The Kier molecular flexibility index (Phi) is 5.94. The maximum atomic E-state index is 10.6. The van der Waals surface area contributed by atoms with Crippen molar-refractivity contribution in [2.45, 2.75) is 13.5 Å². The quantitative estimate of drug-likeness (QED) is 0.722. The molecule has 0 amide bonds. The summed E-state index contributed by atoms with van der Waals surface area (Å²) in [6, 6.07) is 14.0. The Morgan fingerprint density at radius 1 is 1.17 bits per heavy atom. The Morgan fingerprint density at radius 3 is 2.52 bits per heavy atom. The van der Waals surface area contributed by atoms with Crippen molar-refractivity contribution < 1.29 is 9.53 Å². The molecular weight excluding hydrogens is 288 g/mol. The van der Waals surface area contributed by atoms with Gasteiger partial charge in [0.05, 0.1) is 7.11 Å². The average Bonchev–Trinajstić information content (AvgIpc) is 3.01. The zero-order valence-electron chi connectivity index (χ0n) is 13.7. The van der Waals surface area contributed by atoms with E-state index in [-0.39, 0.29) is 0 Å². The summed E-state index contributed by atoms with van der Waals surface area (Å²) in [5.74, 6) is 0.907. The molecule has 1 heterocycles. The third kappa shape index (κ3) is 4.20. The zero-order chi connectivity index (χ0) is 16.7. The summed E-state index contributed by atoms with van der Waals surface area (Å²) in [7, 11) is 3.61. The number of aromatic nitrogens is 1. The molecule has 0 aliphatic carbocycles. The number of aromatic amines is 1. The van der Waals surface area contributed by atoms with Crippen LogP contribution in [0.2, 0.25) is 0 Å². The van der Waals surface area contributed by atoms with Crippen LogP contribution in [-0.2, 0) is 6.54 Å². The van der Waals surface area contributed by atoms with Crippen LogP contribution in [0.1, 0.15) is 21.5 Å². The number of ether oxygens (including phenoxy) is 1. The highest BCUT2D eigenvalue weighted by Gasteiger charge is 2.03. The van der Waals surface area contributed by atoms with Crippen molar-refractivity contribution in [3.63, 3.8) is 0 Å². The number of aldehydes is 1. The van der Waals surface area contributed by atoms with Crippen molar-refractivity contribution >= 4 is 17.2 Å². The van der Waals surface area contributed by atoms with E-state index in [4.69, 9.17) is 4.74 Å². The van der Waals surface area contributed by atoms with Gasteiger partial charge in [-0.1, -0.05) is 24.3 Å². The van der Waals surface area contributed by atoms with Gasteiger partial charge in [-0.2, -0.15) is 0 Å². The van der Waals surface area contributed by atoms with Gasteiger partial charge in [0, 0.05) is 29.2 Å². The van der Waals surface area contributed by atoms with Crippen LogP contribution in [-0.4, -0.2) is 25.4 Å². The molecule has 23 heavy (non-hydrogen) atoms. The number of carbonyl (C=O) groups is 1. The topological polar surface area (TPSA) is 54.1 Å². The van der Waals surface area contributed by atoms with E-state index in [1.807, 2.05) is 44.3 Å². The average molecular weight is 310 g/mol. The Balaban J connectivity index is 0.000000168. The molecule has 0 aliphatic heterocycles. The minimum atomic E-state index is 0.739. The van der Waals surface area contributed by atoms with E-state index in [0.29, 0.717) is 0 Å². The minimum Gasteiger partial charge on any atom is -0.497 e. The molecule has 3 rings (SSSR count). The van der Waals surface area contributed by atoms with Crippen LogP contribution in [0.3, 0.4) is 0 Å². The summed E-state index contributed by atoms with van der Waals surface area (Å²) < 4.78 is 5.03. The number of hydrogen-bond acceptors (Lipinski definition) is 3. The number of hydrogen-bond donors (Lipinski definition) is 2. The molecule has 2 N–H and O–H groups in total. The molecule has 0 atom stereocenters. The van der Waals surface area contributed by atoms with E-state index >= 15 is 0 Å². The van der Waals surface area contributed by atoms with Crippen LogP contribution >= 0.6 is 0 Å². The number of benzene rings is 2. The molecule has 120 valence electrons. The van der Waals surface area contributed by atoms with Gasteiger partial charge in [-0.05, 0) is 43.3 Å². The van der Waals surface area contributed by atoms with E-state index in [9.17, 15) is 4.79 Å². The SMILES string of the molecule is CNCc1ccc(OC)cc1.Cc1cccc2[nH]cc(C=O)c12. The molecular formula is C19H22N2O2. The van der Waals surface area contributed by atoms with E-state index in [1.54, 1.807) is 13.3 Å². The van der Waals surface area contributed by atoms with Crippen LogP contribution in [0, 0.1) is 6.92 Å². The standard InChI is InChI=1S/C10H9NO.C9H13NO/c1-7-3-2-4-9-10(7)8(6-12)5-11-9;1-10-7-8-3-5-9(11-2)6-4-8/h2-6,11H,1H3;3-6,10H,7H2,1-2H3. The van der Waals surface area contributed by atoms with Gasteiger partial charge in [-0.15, -0.1) is 0 Å².